The Morgan fingerprint density at radius 2 is 2.07 bits per heavy atom. The normalized spacial score (nSPS) is 15.6. The quantitative estimate of drug-likeness (QED) is 0.642. The number of hydrogen-bond donors (Lipinski definition) is 1. The maximum Gasteiger partial charge on any atom is 0.348 e. The molecule has 4 rings (SSSR count). The van der Waals surface area contributed by atoms with Crippen LogP contribution in [0.2, 0.25) is 0 Å². The Morgan fingerprint density at radius 3 is 2.86 bits per heavy atom. The van der Waals surface area contributed by atoms with E-state index in [9.17, 15) is 9.59 Å². The number of anilines is 1. The number of para-hydroxylation sites is 1. The lowest BCUT2D eigenvalue weighted by atomic mass is 9.90. The van der Waals surface area contributed by atoms with Gasteiger partial charge in [0.05, 0.1) is 11.4 Å². The van der Waals surface area contributed by atoms with Crippen molar-refractivity contribution in [3.05, 3.63) is 63.5 Å². The highest BCUT2D eigenvalue weighted by atomic mass is 32.1. The molecule has 1 aliphatic carbocycles. The average Bonchev–Trinajstić information content (AvgIpc) is 3.29. The molecule has 29 heavy (non-hydrogen) atoms. The Morgan fingerprint density at radius 1 is 1.28 bits per heavy atom. The van der Waals surface area contributed by atoms with Crippen LogP contribution in [0, 0.1) is 12.8 Å². The van der Waals surface area contributed by atoms with E-state index in [0.29, 0.717) is 16.6 Å². The molecule has 0 unspecified atom stereocenters. The first kappa shape index (κ1) is 19.4. The number of rotatable bonds is 5. The lowest BCUT2D eigenvalue weighted by Crippen LogP contribution is -2.22. The minimum absolute atomic E-state index is 0.336. The van der Waals surface area contributed by atoms with E-state index in [4.69, 9.17) is 4.74 Å². The SMILES string of the molecule is Cc1cc(NC(=O)COC(=O)c2cc3c(s2)CC[C@@H](C)C3)n(-c2ccccc2)n1. The molecule has 2 heterocycles. The molecule has 7 heteroatoms. The zero-order valence-corrected chi connectivity index (χ0v) is 17.3. The van der Waals surface area contributed by atoms with E-state index in [2.05, 4.69) is 17.3 Å². The van der Waals surface area contributed by atoms with Crippen LogP contribution < -0.4 is 5.32 Å². The molecule has 0 bridgehead atoms. The van der Waals surface area contributed by atoms with Crippen LogP contribution in [-0.2, 0) is 22.4 Å². The number of nitrogens with zero attached hydrogens (tertiary/aromatic N) is 2. The topological polar surface area (TPSA) is 73.2 Å². The van der Waals surface area contributed by atoms with Gasteiger partial charge in [-0.25, -0.2) is 9.48 Å². The van der Waals surface area contributed by atoms with Crippen LogP contribution in [-0.4, -0.2) is 28.3 Å². The maximum absolute atomic E-state index is 12.4. The van der Waals surface area contributed by atoms with Gasteiger partial charge in [-0.3, -0.25) is 4.79 Å². The van der Waals surface area contributed by atoms with Crippen LogP contribution in [0.4, 0.5) is 5.82 Å². The van der Waals surface area contributed by atoms with Gasteiger partial charge in [-0.2, -0.15) is 5.10 Å². The van der Waals surface area contributed by atoms with Crippen molar-refractivity contribution in [3.63, 3.8) is 0 Å². The number of carbonyl (C=O) groups excluding carboxylic acids is 2. The molecule has 0 saturated heterocycles. The van der Waals surface area contributed by atoms with Crippen LogP contribution in [0.5, 0.6) is 0 Å². The number of aryl methyl sites for hydroxylation is 2. The van der Waals surface area contributed by atoms with Gasteiger partial charge in [0.15, 0.2) is 6.61 Å². The number of esters is 1. The number of carbonyl (C=O) groups is 2. The molecule has 6 nitrogen and oxygen atoms in total. The van der Waals surface area contributed by atoms with E-state index < -0.39 is 11.9 Å². The van der Waals surface area contributed by atoms with Crippen LogP contribution in [0.25, 0.3) is 5.69 Å². The standard InChI is InChI=1S/C22H23N3O3S/c1-14-8-9-18-16(10-14)12-19(29-18)22(27)28-13-21(26)23-20-11-15(2)24-25(20)17-6-4-3-5-7-17/h3-7,11-12,14H,8-10,13H2,1-2H3,(H,23,26)/t14-/m1/s1. The van der Waals surface area contributed by atoms with Crippen molar-refractivity contribution in [2.45, 2.75) is 33.1 Å². The predicted molar refractivity (Wildman–Crippen MR) is 113 cm³/mol. The number of thiophene rings is 1. The van der Waals surface area contributed by atoms with Crippen molar-refractivity contribution in [3.8, 4) is 5.69 Å². The van der Waals surface area contributed by atoms with Gasteiger partial charge in [0.25, 0.3) is 5.91 Å². The summed E-state index contributed by atoms with van der Waals surface area (Å²) in [5, 5.41) is 7.19. The third-order valence-corrected chi connectivity index (χ3v) is 6.18. The van der Waals surface area contributed by atoms with Crippen LogP contribution in [0.3, 0.4) is 0 Å². The molecule has 150 valence electrons. The lowest BCUT2D eigenvalue weighted by molar-refractivity contribution is -0.119. The molecule has 0 saturated carbocycles. The molecule has 1 atom stereocenters. The first-order chi connectivity index (χ1) is 14.0. The van der Waals surface area contributed by atoms with Crippen LogP contribution in [0.1, 0.15) is 39.2 Å². The molecule has 3 aromatic rings. The van der Waals surface area contributed by atoms with E-state index in [-0.39, 0.29) is 6.61 Å². The largest absolute Gasteiger partial charge is 0.451 e. The summed E-state index contributed by atoms with van der Waals surface area (Å²) < 4.78 is 6.91. The number of nitrogens with one attached hydrogen (secondary N) is 1. The predicted octanol–water partition coefficient (Wildman–Crippen LogP) is 4.16. The summed E-state index contributed by atoms with van der Waals surface area (Å²) in [6, 6.07) is 13.2. The fourth-order valence-corrected chi connectivity index (χ4v) is 4.64. The highest BCUT2D eigenvalue weighted by molar-refractivity contribution is 7.14. The average molecular weight is 410 g/mol. The van der Waals surface area contributed by atoms with Crippen molar-refractivity contribution in [2.24, 2.45) is 5.92 Å². The summed E-state index contributed by atoms with van der Waals surface area (Å²) in [7, 11) is 0. The van der Waals surface area contributed by atoms with Gasteiger partial charge in [0.1, 0.15) is 10.7 Å². The van der Waals surface area contributed by atoms with E-state index >= 15 is 0 Å². The smallest absolute Gasteiger partial charge is 0.348 e. The van der Waals surface area contributed by atoms with E-state index in [1.807, 2.05) is 43.3 Å². The van der Waals surface area contributed by atoms with Crippen molar-refractivity contribution < 1.29 is 14.3 Å². The van der Waals surface area contributed by atoms with Crippen LogP contribution in [0.15, 0.2) is 42.5 Å². The summed E-state index contributed by atoms with van der Waals surface area (Å²) in [5.74, 6) is 0.338. The highest BCUT2D eigenvalue weighted by Crippen LogP contribution is 2.32. The van der Waals surface area contributed by atoms with Crippen molar-refractivity contribution in [2.75, 3.05) is 11.9 Å². The number of fused-ring (bicyclic) bond motifs is 1. The number of benzene rings is 1. The minimum atomic E-state index is -0.444. The van der Waals surface area contributed by atoms with Crippen molar-refractivity contribution in [1.82, 2.24) is 9.78 Å². The number of aromatic nitrogens is 2. The Bertz CT molecular complexity index is 1040. The van der Waals surface area contributed by atoms with Gasteiger partial charge in [-0.1, -0.05) is 25.1 Å². The first-order valence-electron chi connectivity index (χ1n) is 9.70. The zero-order valence-electron chi connectivity index (χ0n) is 16.5. The Balaban J connectivity index is 1.38. The number of amides is 1. The van der Waals surface area contributed by atoms with Gasteiger partial charge in [-0.15, -0.1) is 11.3 Å². The van der Waals surface area contributed by atoms with Gasteiger partial charge in [0, 0.05) is 10.9 Å². The third kappa shape index (κ3) is 4.40. The van der Waals surface area contributed by atoms with Gasteiger partial charge in [0.2, 0.25) is 0 Å². The summed E-state index contributed by atoms with van der Waals surface area (Å²) in [5.41, 5.74) is 2.86. The van der Waals surface area contributed by atoms with E-state index in [1.165, 1.54) is 21.8 Å². The summed E-state index contributed by atoms with van der Waals surface area (Å²) >= 11 is 1.48. The molecule has 1 aliphatic rings. The second-order valence-corrected chi connectivity index (χ2v) is 8.59. The highest BCUT2D eigenvalue weighted by Gasteiger charge is 2.22. The number of hydrogen-bond acceptors (Lipinski definition) is 5. The third-order valence-electron chi connectivity index (χ3n) is 4.96. The Hall–Kier alpha value is -2.93. The van der Waals surface area contributed by atoms with E-state index in [0.717, 1.165) is 30.6 Å². The molecule has 0 fully saturated rings. The lowest BCUT2D eigenvalue weighted by Gasteiger charge is -2.16. The van der Waals surface area contributed by atoms with Crippen molar-refractivity contribution in [1.29, 1.82) is 0 Å². The van der Waals surface area contributed by atoms with Crippen LogP contribution >= 0.6 is 11.3 Å². The molecule has 0 radical (unpaired) electrons. The second-order valence-electron chi connectivity index (χ2n) is 7.45. The summed E-state index contributed by atoms with van der Waals surface area (Å²) in [4.78, 5) is 26.6. The molecular weight excluding hydrogens is 386 g/mol. The molecule has 0 aliphatic heterocycles. The summed E-state index contributed by atoms with van der Waals surface area (Å²) in [6.45, 7) is 3.75. The monoisotopic (exact) mass is 409 g/mol. The van der Waals surface area contributed by atoms with Gasteiger partial charge >= 0.3 is 5.97 Å². The number of ether oxygens (including phenoxy) is 1. The summed E-state index contributed by atoms with van der Waals surface area (Å²) in [6.07, 6.45) is 3.17. The molecular formula is C22H23N3O3S. The molecule has 1 amide bonds. The van der Waals surface area contributed by atoms with Gasteiger partial charge in [-0.05, 0) is 55.9 Å². The fraction of sp³-hybridized carbons (Fsp3) is 0.318. The Kier molecular flexibility index (Phi) is 5.49. The molecule has 2 aromatic heterocycles. The zero-order chi connectivity index (χ0) is 20.4. The first-order valence-corrected chi connectivity index (χ1v) is 10.5. The maximum atomic E-state index is 12.4. The van der Waals surface area contributed by atoms with Gasteiger partial charge < -0.3 is 10.1 Å². The minimum Gasteiger partial charge on any atom is -0.451 e. The molecule has 1 aromatic carbocycles. The van der Waals surface area contributed by atoms with Crippen molar-refractivity contribution >= 4 is 29.0 Å². The molecule has 1 N–H and O–H groups in total. The second kappa shape index (κ2) is 8.21. The Labute approximate surface area is 173 Å². The molecule has 0 spiro atoms. The van der Waals surface area contributed by atoms with E-state index in [1.54, 1.807) is 10.7 Å². The fourth-order valence-electron chi connectivity index (χ4n) is 3.54.